The minimum Gasteiger partial charge on any atom is -0.462 e. The molecule has 0 amide bonds. The van der Waals surface area contributed by atoms with Gasteiger partial charge >= 0.3 is 17.9 Å². The van der Waals surface area contributed by atoms with E-state index in [9.17, 15) is 14.4 Å². The van der Waals surface area contributed by atoms with E-state index in [1.165, 1.54) is 19.3 Å². The van der Waals surface area contributed by atoms with Crippen molar-refractivity contribution in [2.75, 3.05) is 13.2 Å². The Hall–Kier alpha value is -3.93. The van der Waals surface area contributed by atoms with E-state index in [1.807, 2.05) is 6.08 Å². The van der Waals surface area contributed by atoms with Crippen LogP contribution in [0.5, 0.6) is 0 Å². The van der Waals surface area contributed by atoms with Crippen LogP contribution in [0.4, 0.5) is 0 Å². The maximum atomic E-state index is 12.7. The van der Waals surface area contributed by atoms with Gasteiger partial charge in [-0.3, -0.25) is 14.4 Å². The third-order valence-corrected chi connectivity index (χ3v) is 8.87. The Balaban J connectivity index is 4.49. The van der Waals surface area contributed by atoms with Gasteiger partial charge in [0.1, 0.15) is 13.2 Å². The van der Waals surface area contributed by atoms with E-state index in [2.05, 4.69) is 118 Å². The lowest BCUT2D eigenvalue weighted by Gasteiger charge is -2.18. The fraction of sp³-hybridized carbons (Fsp3) is 0.588. The average Bonchev–Trinajstić information content (AvgIpc) is 3.21. The van der Waals surface area contributed by atoms with Crippen LogP contribution in [0.3, 0.4) is 0 Å². The Morgan fingerprint density at radius 1 is 0.404 bits per heavy atom. The molecule has 0 aromatic heterocycles. The highest BCUT2D eigenvalue weighted by Gasteiger charge is 2.19. The zero-order chi connectivity index (χ0) is 41.5. The van der Waals surface area contributed by atoms with Gasteiger partial charge in [0.25, 0.3) is 0 Å². The monoisotopic (exact) mass is 789 g/mol. The molecular formula is C51H80O6. The summed E-state index contributed by atoms with van der Waals surface area (Å²) >= 11 is 0. The normalized spacial score (nSPS) is 13.1. The number of hydrogen-bond donors (Lipinski definition) is 0. The van der Waals surface area contributed by atoms with Gasteiger partial charge in [0.15, 0.2) is 6.10 Å². The minimum atomic E-state index is -0.830. The van der Waals surface area contributed by atoms with Crippen molar-refractivity contribution in [2.24, 2.45) is 0 Å². The Bertz CT molecular complexity index is 1230. The number of rotatable bonds is 38. The summed E-state index contributed by atoms with van der Waals surface area (Å²) in [4.78, 5) is 37.6. The first-order valence-corrected chi connectivity index (χ1v) is 22.4. The van der Waals surface area contributed by atoms with Gasteiger partial charge in [-0.2, -0.15) is 0 Å². The van der Waals surface area contributed by atoms with Gasteiger partial charge in [-0.25, -0.2) is 0 Å². The molecule has 0 aliphatic carbocycles. The molecule has 0 bridgehead atoms. The van der Waals surface area contributed by atoms with Crippen LogP contribution < -0.4 is 0 Å². The van der Waals surface area contributed by atoms with E-state index in [-0.39, 0.29) is 38.0 Å². The standard InChI is InChI=1S/C51H80O6/c1-4-7-10-13-16-19-21-23-24-25-26-27-28-30-32-35-38-41-44-50(53)56-47-48(46-55-49(52)43-40-37-34-31-18-15-12-9-6-3)57-51(54)45-42-39-36-33-29-22-20-17-14-11-8-5-2/h8-9,11-12,16-21,23-27,31,37,40,48H,4-7,10,13-15,22,28-30,32-36,38-39,41-47H2,1-3H3/b11-8-,12-9-,19-16-,20-17-,23-21-,25-24-,27-26-,31-18-,40-37-. The summed E-state index contributed by atoms with van der Waals surface area (Å²) in [6, 6.07) is 0. The minimum absolute atomic E-state index is 0.123. The summed E-state index contributed by atoms with van der Waals surface area (Å²) in [5.41, 5.74) is 0. The molecule has 0 saturated heterocycles. The van der Waals surface area contributed by atoms with Crippen molar-refractivity contribution in [3.8, 4) is 0 Å². The number of esters is 3. The van der Waals surface area contributed by atoms with Gasteiger partial charge in [0, 0.05) is 12.8 Å². The van der Waals surface area contributed by atoms with Crippen molar-refractivity contribution in [3.63, 3.8) is 0 Å². The molecule has 0 spiro atoms. The van der Waals surface area contributed by atoms with Crippen molar-refractivity contribution < 1.29 is 28.6 Å². The number of hydrogen-bond acceptors (Lipinski definition) is 6. The summed E-state index contributed by atoms with van der Waals surface area (Å²) in [5.74, 6) is -1.10. The van der Waals surface area contributed by atoms with Gasteiger partial charge in [0.2, 0.25) is 0 Å². The molecule has 6 heteroatoms. The molecule has 0 aliphatic rings. The lowest BCUT2D eigenvalue weighted by molar-refractivity contribution is -0.166. The fourth-order valence-electron chi connectivity index (χ4n) is 5.55. The van der Waals surface area contributed by atoms with Crippen molar-refractivity contribution in [2.45, 2.75) is 181 Å². The average molecular weight is 789 g/mol. The molecule has 0 heterocycles. The van der Waals surface area contributed by atoms with Crippen LogP contribution >= 0.6 is 0 Å². The highest BCUT2D eigenvalue weighted by Crippen LogP contribution is 2.12. The topological polar surface area (TPSA) is 78.9 Å². The molecule has 320 valence electrons. The zero-order valence-corrected chi connectivity index (χ0v) is 36.3. The fourth-order valence-corrected chi connectivity index (χ4v) is 5.55. The maximum absolute atomic E-state index is 12.7. The van der Waals surface area contributed by atoms with Gasteiger partial charge in [-0.05, 0) is 83.5 Å². The molecule has 0 aromatic rings. The van der Waals surface area contributed by atoms with Crippen LogP contribution in [0.2, 0.25) is 0 Å². The molecule has 6 nitrogen and oxygen atoms in total. The molecule has 0 aromatic carbocycles. The first kappa shape index (κ1) is 53.1. The molecule has 0 fully saturated rings. The lowest BCUT2D eigenvalue weighted by Crippen LogP contribution is -2.30. The van der Waals surface area contributed by atoms with Crippen LogP contribution in [0.1, 0.15) is 175 Å². The predicted octanol–water partition coefficient (Wildman–Crippen LogP) is 14.4. The molecule has 1 atom stereocenters. The van der Waals surface area contributed by atoms with E-state index in [4.69, 9.17) is 14.2 Å². The van der Waals surface area contributed by atoms with Crippen LogP contribution in [0, 0.1) is 0 Å². The highest BCUT2D eigenvalue weighted by molar-refractivity contribution is 5.72. The number of carbonyl (C=O) groups excluding carboxylic acids is 3. The summed E-state index contributed by atoms with van der Waals surface area (Å²) in [5, 5.41) is 0. The van der Waals surface area contributed by atoms with Crippen LogP contribution in [-0.4, -0.2) is 37.2 Å². The number of ether oxygens (including phenoxy) is 3. The summed E-state index contributed by atoms with van der Waals surface area (Å²) < 4.78 is 16.5. The molecule has 0 radical (unpaired) electrons. The maximum Gasteiger partial charge on any atom is 0.309 e. The number of carbonyl (C=O) groups is 3. The Labute approximate surface area is 349 Å². The Morgan fingerprint density at radius 3 is 1.39 bits per heavy atom. The molecule has 0 N–H and O–H groups in total. The molecule has 0 aliphatic heterocycles. The molecule has 0 rings (SSSR count). The van der Waals surface area contributed by atoms with E-state index in [1.54, 1.807) is 6.08 Å². The second-order valence-electron chi connectivity index (χ2n) is 14.3. The summed E-state index contributed by atoms with van der Waals surface area (Å²) in [7, 11) is 0. The Kier molecular flexibility index (Phi) is 41.7. The third kappa shape index (κ3) is 43.0. The second-order valence-corrected chi connectivity index (χ2v) is 14.3. The molecule has 1 unspecified atom stereocenters. The summed E-state index contributed by atoms with van der Waals surface area (Å²) in [6.45, 7) is 6.20. The van der Waals surface area contributed by atoms with Gasteiger partial charge < -0.3 is 14.2 Å². The highest BCUT2D eigenvalue weighted by atomic mass is 16.6. The van der Waals surface area contributed by atoms with Crippen molar-refractivity contribution in [1.82, 2.24) is 0 Å². The van der Waals surface area contributed by atoms with Gasteiger partial charge in [-0.1, -0.05) is 182 Å². The lowest BCUT2D eigenvalue weighted by atomic mass is 10.1. The van der Waals surface area contributed by atoms with Crippen LogP contribution in [0.15, 0.2) is 109 Å². The third-order valence-electron chi connectivity index (χ3n) is 8.87. The van der Waals surface area contributed by atoms with Crippen LogP contribution in [0.25, 0.3) is 0 Å². The van der Waals surface area contributed by atoms with Crippen LogP contribution in [-0.2, 0) is 28.6 Å². The molecule has 57 heavy (non-hydrogen) atoms. The first-order chi connectivity index (χ1) is 28.0. The van der Waals surface area contributed by atoms with E-state index >= 15 is 0 Å². The summed E-state index contributed by atoms with van der Waals surface area (Å²) in [6.07, 6.45) is 59.6. The second kappa shape index (κ2) is 44.8. The van der Waals surface area contributed by atoms with Gasteiger partial charge in [0.05, 0.1) is 6.42 Å². The van der Waals surface area contributed by atoms with E-state index in [0.29, 0.717) is 6.42 Å². The van der Waals surface area contributed by atoms with E-state index in [0.717, 1.165) is 116 Å². The quantitative estimate of drug-likeness (QED) is 0.0204. The van der Waals surface area contributed by atoms with Gasteiger partial charge in [-0.15, -0.1) is 0 Å². The number of unbranched alkanes of at least 4 members (excludes halogenated alkanes) is 13. The molecule has 0 saturated carbocycles. The first-order valence-electron chi connectivity index (χ1n) is 22.4. The largest absolute Gasteiger partial charge is 0.462 e. The van der Waals surface area contributed by atoms with Crippen molar-refractivity contribution in [3.05, 3.63) is 109 Å². The molecular weight excluding hydrogens is 709 g/mol. The number of allylic oxidation sites excluding steroid dienone is 17. The smallest absolute Gasteiger partial charge is 0.309 e. The zero-order valence-electron chi connectivity index (χ0n) is 36.3. The van der Waals surface area contributed by atoms with Crippen molar-refractivity contribution in [1.29, 1.82) is 0 Å². The predicted molar refractivity (Wildman–Crippen MR) is 242 cm³/mol. The SMILES string of the molecule is CC/C=C\C/C=C\C/C=C\CC(=O)OCC(COC(=O)CCCCCCC\C=C/C=C\C=C/C=C\CCCCC)OC(=O)CCCCCCC/C=C\C/C=C\CC. The van der Waals surface area contributed by atoms with E-state index < -0.39 is 12.1 Å². The van der Waals surface area contributed by atoms with Crippen molar-refractivity contribution >= 4 is 17.9 Å². The Morgan fingerprint density at radius 2 is 0.825 bits per heavy atom.